The minimum atomic E-state index is -0.961. The van der Waals surface area contributed by atoms with Gasteiger partial charge in [0.05, 0.1) is 19.2 Å². The van der Waals surface area contributed by atoms with Crippen LogP contribution >= 0.6 is 28.1 Å². The van der Waals surface area contributed by atoms with Gasteiger partial charge in [-0.1, -0.05) is 28.1 Å². The third-order valence-electron chi connectivity index (χ3n) is 4.51. The Balaban J connectivity index is 1.74. The van der Waals surface area contributed by atoms with Crippen molar-refractivity contribution in [2.24, 2.45) is 0 Å². The average Bonchev–Trinajstić information content (AvgIpc) is 2.93. The number of rotatable bonds is 6. The maximum Gasteiger partial charge on any atom is 0.269 e. The molecular weight excluding hydrogens is 472 g/mol. The molecule has 30 heavy (non-hydrogen) atoms. The first-order valence-corrected chi connectivity index (χ1v) is 10.1. The van der Waals surface area contributed by atoms with E-state index in [-0.39, 0.29) is 17.4 Å². The Morgan fingerprint density at radius 2 is 1.83 bits per heavy atom. The summed E-state index contributed by atoms with van der Waals surface area (Å²) in [5.41, 5.74) is 3.51. The van der Waals surface area contributed by atoms with Crippen LogP contribution in [0.25, 0.3) is 0 Å². The third kappa shape index (κ3) is 4.60. The highest BCUT2D eigenvalue weighted by molar-refractivity contribution is 9.10. The molecule has 1 unspecified atom stereocenters. The number of ether oxygens (including phenoxy) is 1. The fourth-order valence-corrected chi connectivity index (χ4v) is 3.45. The SMILES string of the molecule is COc1ccccc1NC(=O)CC1C(=O)N(C)C(=S)N1NC(=O)c1ccc(Br)cc1. The summed E-state index contributed by atoms with van der Waals surface area (Å²) in [4.78, 5) is 39.1. The zero-order valence-corrected chi connectivity index (χ0v) is 18.6. The van der Waals surface area contributed by atoms with Gasteiger partial charge in [0.15, 0.2) is 5.11 Å². The molecule has 1 atom stereocenters. The van der Waals surface area contributed by atoms with Crippen molar-refractivity contribution < 1.29 is 19.1 Å². The normalized spacial score (nSPS) is 15.9. The van der Waals surface area contributed by atoms with Gasteiger partial charge in [0.25, 0.3) is 11.8 Å². The maximum atomic E-state index is 12.6. The molecule has 1 fully saturated rings. The van der Waals surface area contributed by atoms with Crippen LogP contribution in [0.4, 0.5) is 5.69 Å². The minimum Gasteiger partial charge on any atom is -0.495 e. The molecule has 2 N–H and O–H groups in total. The molecule has 3 rings (SSSR count). The second-order valence-electron chi connectivity index (χ2n) is 6.47. The Labute approximate surface area is 187 Å². The number of methoxy groups -OCH3 is 1. The van der Waals surface area contributed by atoms with Crippen molar-refractivity contribution in [1.82, 2.24) is 15.3 Å². The number of hydrogen-bond acceptors (Lipinski definition) is 5. The Kier molecular flexibility index (Phi) is 6.68. The summed E-state index contributed by atoms with van der Waals surface area (Å²) in [6.45, 7) is 0. The molecule has 1 aliphatic rings. The zero-order valence-electron chi connectivity index (χ0n) is 16.2. The molecule has 3 amide bonds. The summed E-state index contributed by atoms with van der Waals surface area (Å²) in [5.74, 6) is -0.746. The van der Waals surface area contributed by atoms with Crippen LogP contribution in [-0.2, 0) is 9.59 Å². The molecule has 1 aliphatic heterocycles. The van der Waals surface area contributed by atoms with Crippen LogP contribution in [0.3, 0.4) is 0 Å². The Hall–Kier alpha value is -2.98. The van der Waals surface area contributed by atoms with E-state index in [9.17, 15) is 14.4 Å². The van der Waals surface area contributed by atoms with Gasteiger partial charge in [-0.2, -0.15) is 0 Å². The van der Waals surface area contributed by atoms with Crippen LogP contribution in [0.1, 0.15) is 16.8 Å². The molecule has 2 aromatic carbocycles. The third-order valence-corrected chi connectivity index (χ3v) is 5.51. The summed E-state index contributed by atoms with van der Waals surface area (Å²) < 4.78 is 6.05. The number of likely N-dealkylation sites (N-methyl/N-ethyl adjacent to an activating group) is 1. The van der Waals surface area contributed by atoms with E-state index in [0.29, 0.717) is 17.0 Å². The molecular formula is C20H19BrN4O4S. The topological polar surface area (TPSA) is 91.0 Å². The van der Waals surface area contributed by atoms with Gasteiger partial charge in [-0.15, -0.1) is 0 Å². The number of hydrogen-bond donors (Lipinski definition) is 2. The molecule has 8 nitrogen and oxygen atoms in total. The molecule has 1 saturated heterocycles. The summed E-state index contributed by atoms with van der Waals surface area (Å²) in [5, 5.41) is 4.09. The summed E-state index contributed by atoms with van der Waals surface area (Å²) in [6.07, 6.45) is -0.206. The monoisotopic (exact) mass is 490 g/mol. The van der Waals surface area contributed by atoms with Crippen molar-refractivity contribution in [3.63, 3.8) is 0 Å². The fraction of sp³-hybridized carbons (Fsp3) is 0.200. The van der Waals surface area contributed by atoms with Gasteiger partial charge in [0.1, 0.15) is 11.8 Å². The summed E-state index contributed by atoms with van der Waals surface area (Å²) in [7, 11) is 3.00. The van der Waals surface area contributed by atoms with Crippen molar-refractivity contribution in [3.8, 4) is 5.75 Å². The van der Waals surface area contributed by atoms with E-state index in [2.05, 4.69) is 26.7 Å². The van der Waals surface area contributed by atoms with Gasteiger partial charge in [-0.3, -0.25) is 24.7 Å². The van der Waals surface area contributed by atoms with Gasteiger partial charge in [0.2, 0.25) is 5.91 Å². The standard InChI is InChI=1S/C20H19BrN4O4S/c1-24-19(28)15(11-17(26)22-14-5-3-4-6-16(14)29-2)25(20(24)30)23-18(27)12-7-9-13(21)10-8-12/h3-10,15H,11H2,1-2H3,(H,22,26)(H,23,27). The second-order valence-corrected chi connectivity index (χ2v) is 7.75. The number of thiocarbonyl (C=S) groups is 1. The van der Waals surface area contributed by atoms with Crippen molar-refractivity contribution >= 4 is 56.7 Å². The first-order chi connectivity index (χ1) is 14.3. The van der Waals surface area contributed by atoms with E-state index >= 15 is 0 Å². The molecule has 0 radical (unpaired) electrons. The summed E-state index contributed by atoms with van der Waals surface area (Å²) in [6, 6.07) is 12.7. The Morgan fingerprint density at radius 3 is 2.50 bits per heavy atom. The highest BCUT2D eigenvalue weighted by Crippen LogP contribution is 2.24. The lowest BCUT2D eigenvalue weighted by Gasteiger charge is -2.24. The number of hydrazine groups is 1. The number of carbonyl (C=O) groups is 3. The van der Waals surface area contributed by atoms with Crippen LogP contribution in [0.15, 0.2) is 53.0 Å². The van der Waals surface area contributed by atoms with Gasteiger partial charge >= 0.3 is 0 Å². The number of nitrogens with zero attached hydrogens (tertiary/aromatic N) is 2. The van der Waals surface area contributed by atoms with Crippen LogP contribution in [-0.4, -0.2) is 52.9 Å². The molecule has 2 aromatic rings. The van der Waals surface area contributed by atoms with Crippen molar-refractivity contribution in [1.29, 1.82) is 0 Å². The molecule has 0 aromatic heterocycles. The predicted octanol–water partition coefficient (Wildman–Crippen LogP) is 2.56. The fourth-order valence-electron chi connectivity index (χ4n) is 2.93. The Bertz CT molecular complexity index is 999. The minimum absolute atomic E-state index is 0.112. The quantitative estimate of drug-likeness (QED) is 0.604. The van der Waals surface area contributed by atoms with Gasteiger partial charge < -0.3 is 10.1 Å². The van der Waals surface area contributed by atoms with E-state index < -0.39 is 17.9 Å². The van der Waals surface area contributed by atoms with Crippen LogP contribution in [0.5, 0.6) is 5.75 Å². The number of nitrogens with one attached hydrogen (secondary N) is 2. The van der Waals surface area contributed by atoms with Crippen molar-refractivity contribution in [3.05, 3.63) is 58.6 Å². The average molecular weight is 491 g/mol. The lowest BCUT2D eigenvalue weighted by Crippen LogP contribution is -2.49. The zero-order chi connectivity index (χ0) is 21.8. The molecule has 156 valence electrons. The van der Waals surface area contributed by atoms with E-state index in [1.165, 1.54) is 24.1 Å². The number of anilines is 1. The van der Waals surface area contributed by atoms with Gasteiger partial charge in [-0.25, -0.2) is 5.01 Å². The van der Waals surface area contributed by atoms with Crippen LogP contribution in [0, 0.1) is 0 Å². The highest BCUT2D eigenvalue weighted by Gasteiger charge is 2.42. The van der Waals surface area contributed by atoms with E-state index in [0.717, 1.165) is 4.47 Å². The number of para-hydroxylation sites is 2. The van der Waals surface area contributed by atoms with Crippen molar-refractivity contribution in [2.75, 3.05) is 19.5 Å². The molecule has 0 saturated carbocycles. The van der Waals surface area contributed by atoms with E-state index in [1.54, 1.807) is 48.5 Å². The molecule has 10 heteroatoms. The smallest absolute Gasteiger partial charge is 0.269 e. The largest absolute Gasteiger partial charge is 0.495 e. The van der Waals surface area contributed by atoms with E-state index in [1.807, 2.05) is 0 Å². The van der Waals surface area contributed by atoms with E-state index in [4.69, 9.17) is 17.0 Å². The second kappa shape index (κ2) is 9.23. The first kappa shape index (κ1) is 21.7. The molecule has 0 aliphatic carbocycles. The van der Waals surface area contributed by atoms with Crippen molar-refractivity contribution in [2.45, 2.75) is 12.5 Å². The molecule has 1 heterocycles. The predicted molar refractivity (Wildman–Crippen MR) is 119 cm³/mol. The number of halogens is 1. The summed E-state index contributed by atoms with van der Waals surface area (Å²) >= 11 is 8.60. The lowest BCUT2D eigenvalue weighted by molar-refractivity contribution is -0.130. The lowest BCUT2D eigenvalue weighted by atomic mass is 10.1. The van der Waals surface area contributed by atoms with Gasteiger partial charge in [-0.05, 0) is 48.6 Å². The molecule has 0 spiro atoms. The number of amides is 3. The van der Waals surface area contributed by atoms with Crippen LogP contribution in [0.2, 0.25) is 0 Å². The van der Waals surface area contributed by atoms with Gasteiger partial charge in [0, 0.05) is 17.1 Å². The maximum absolute atomic E-state index is 12.6. The number of carbonyl (C=O) groups excluding carboxylic acids is 3. The first-order valence-electron chi connectivity index (χ1n) is 8.92. The van der Waals surface area contributed by atoms with Crippen LogP contribution < -0.4 is 15.5 Å². The molecule has 0 bridgehead atoms. The Morgan fingerprint density at radius 1 is 1.17 bits per heavy atom. The highest BCUT2D eigenvalue weighted by atomic mass is 79.9. The number of benzene rings is 2.